The van der Waals surface area contributed by atoms with E-state index in [4.69, 9.17) is 20.5 Å². The molecule has 142 valence electrons. The van der Waals surface area contributed by atoms with Crippen LogP contribution in [0.15, 0.2) is 42.5 Å². The Hall–Kier alpha value is -2.39. The van der Waals surface area contributed by atoms with Gasteiger partial charge >= 0.3 is 12.1 Å². The van der Waals surface area contributed by atoms with Crippen molar-refractivity contribution in [2.24, 2.45) is 5.73 Å². The average molecular weight is 372 g/mol. The Balaban J connectivity index is 0.000000298. The summed E-state index contributed by atoms with van der Waals surface area (Å²) in [6, 6.07) is 9.33. The van der Waals surface area contributed by atoms with E-state index in [1.165, 1.54) is 5.06 Å². The zero-order chi connectivity index (χ0) is 19.3. The number of carboxylic acids is 1. The number of benzene rings is 1. The number of nitrogens with two attached hydrogens (primary N) is 1. The topological polar surface area (TPSA) is 92.9 Å². The summed E-state index contributed by atoms with van der Waals surface area (Å²) in [5.41, 5.74) is 7.09. The molecule has 1 aliphatic carbocycles. The quantitative estimate of drug-likeness (QED) is 0.793. The lowest BCUT2D eigenvalue weighted by Crippen LogP contribution is -2.54. The second-order valence-corrected chi connectivity index (χ2v) is 5.94. The highest BCUT2D eigenvalue weighted by Crippen LogP contribution is 2.28. The van der Waals surface area contributed by atoms with Gasteiger partial charge in [0.2, 0.25) is 0 Å². The van der Waals surface area contributed by atoms with Crippen molar-refractivity contribution in [3.8, 4) is 0 Å². The predicted molar refractivity (Wildman–Crippen MR) is 85.7 cm³/mol. The molecule has 1 amide bonds. The molecule has 26 heavy (non-hydrogen) atoms. The standard InChI is InChI=1S/C15H18N2O2.C2HF3O2/c16-14(10-11-4-2-1-3-5-11)15(18)17-12-6-8-13(19-17)9-7-12;3-2(4,5)1(6)7/h1-6,8,12-14H,7,9-10,16H2;(H,6,7)/t12?,13?,14-;/m0./s1. The van der Waals surface area contributed by atoms with Gasteiger partial charge in [-0.25, -0.2) is 9.86 Å². The molecule has 6 nitrogen and oxygen atoms in total. The van der Waals surface area contributed by atoms with Crippen LogP contribution < -0.4 is 5.73 Å². The minimum absolute atomic E-state index is 0.0397. The van der Waals surface area contributed by atoms with Crippen LogP contribution in [-0.2, 0) is 20.8 Å². The molecular formula is C17H19F3N2O4. The van der Waals surface area contributed by atoms with Crippen LogP contribution in [0.25, 0.3) is 0 Å². The molecule has 2 unspecified atom stereocenters. The van der Waals surface area contributed by atoms with Crippen molar-refractivity contribution in [3.63, 3.8) is 0 Å². The first-order valence-electron chi connectivity index (χ1n) is 7.96. The van der Waals surface area contributed by atoms with Gasteiger partial charge in [0.05, 0.1) is 12.1 Å². The number of hydroxylamine groups is 2. The van der Waals surface area contributed by atoms with E-state index in [1.807, 2.05) is 42.5 Å². The summed E-state index contributed by atoms with van der Waals surface area (Å²) >= 11 is 0. The number of carboxylic acid groups (broad SMARTS) is 1. The number of amides is 1. The van der Waals surface area contributed by atoms with Crippen LogP contribution in [0, 0.1) is 0 Å². The smallest absolute Gasteiger partial charge is 0.475 e. The van der Waals surface area contributed by atoms with Crippen molar-refractivity contribution in [2.75, 3.05) is 0 Å². The van der Waals surface area contributed by atoms with E-state index < -0.39 is 18.2 Å². The van der Waals surface area contributed by atoms with Crippen LogP contribution in [-0.4, -0.2) is 46.4 Å². The van der Waals surface area contributed by atoms with Gasteiger partial charge in [-0.2, -0.15) is 13.2 Å². The van der Waals surface area contributed by atoms with Gasteiger partial charge in [-0.3, -0.25) is 9.63 Å². The van der Waals surface area contributed by atoms with Crippen LogP contribution in [0.1, 0.15) is 18.4 Å². The summed E-state index contributed by atoms with van der Waals surface area (Å²) in [5, 5.41) is 8.60. The van der Waals surface area contributed by atoms with E-state index in [0.29, 0.717) is 6.42 Å². The summed E-state index contributed by atoms with van der Waals surface area (Å²) < 4.78 is 31.7. The van der Waals surface area contributed by atoms with Crippen molar-refractivity contribution in [3.05, 3.63) is 48.0 Å². The van der Waals surface area contributed by atoms with Crippen LogP contribution >= 0.6 is 0 Å². The normalized spacial score (nSPS) is 22.4. The number of hydrogen-bond donors (Lipinski definition) is 2. The molecule has 0 radical (unpaired) electrons. The van der Waals surface area contributed by atoms with Gasteiger partial charge in [0.1, 0.15) is 6.10 Å². The summed E-state index contributed by atoms with van der Waals surface area (Å²) in [6.07, 6.45) is 1.52. The van der Waals surface area contributed by atoms with Gasteiger partial charge in [-0.1, -0.05) is 42.5 Å². The lowest BCUT2D eigenvalue weighted by molar-refractivity contribution is -0.231. The Bertz CT molecular complexity index is 664. The van der Waals surface area contributed by atoms with Crippen molar-refractivity contribution in [1.29, 1.82) is 0 Å². The number of carbonyl (C=O) groups excluding carboxylic acids is 1. The second kappa shape index (κ2) is 8.33. The van der Waals surface area contributed by atoms with Crippen molar-refractivity contribution < 1.29 is 32.7 Å². The van der Waals surface area contributed by atoms with Gasteiger partial charge in [0.25, 0.3) is 5.91 Å². The molecule has 0 spiro atoms. The third kappa shape index (κ3) is 5.30. The molecule has 4 rings (SSSR count). The van der Waals surface area contributed by atoms with Gasteiger partial charge in [0.15, 0.2) is 0 Å². The molecule has 1 aromatic carbocycles. The molecule has 2 heterocycles. The van der Waals surface area contributed by atoms with Gasteiger partial charge in [-0.15, -0.1) is 0 Å². The molecule has 1 aromatic rings. The molecule has 1 saturated heterocycles. The lowest BCUT2D eigenvalue weighted by atomic mass is 9.97. The number of alkyl halides is 3. The Labute approximate surface area is 148 Å². The number of halogens is 3. The summed E-state index contributed by atoms with van der Waals surface area (Å²) in [6.45, 7) is 0. The average Bonchev–Trinajstić information content (AvgIpc) is 2.62. The van der Waals surface area contributed by atoms with E-state index in [9.17, 15) is 18.0 Å². The van der Waals surface area contributed by atoms with Gasteiger partial charge in [0, 0.05) is 0 Å². The summed E-state index contributed by atoms with van der Waals surface area (Å²) in [7, 11) is 0. The van der Waals surface area contributed by atoms with Gasteiger partial charge < -0.3 is 10.8 Å². The monoisotopic (exact) mass is 372 g/mol. The number of aliphatic carboxylic acids is 1. The number of carbonyl (C=O) groups is 2. The van der Waals surface area contributed by atoms with E-state index >= 15 is 0 Å². The maximum Gasteiger partial charge on any atom is 0.490 e. The molecule has 9 heteroatoms. The highest BCUT2D eigenvalue weighted by atomic mass is 19.4. The molecule has 1 fully saturated rings. The number of fused-ring (bicyclic) bond motifs is 2. The van der Waals surface area contributed by atoms with E-state index in [0.717, 1.165) is 18.4 Å². The molecule has 2 aliphatic heterocycles. The number of nitrogens with zero attached hydrogens (tertiary/aromatic N) is 1. The van der Waals surface area contributed by atoms with Crippen LogP contribution in [0.4, 0.5) is 13.2 Å². The molecule has 0 saturated carbocycles. The molecule has 0 aromatic heterocycles. The molecule has 3 aliphatic rings. The predicted octanol–water partition coefficient (Wildman–Crippen LogP) is 2.05. The van der Waals surface area contributed by atoms with E-state index in [-0.39, 0.29) is 18.1 Å². The Morgan fingerprint density at radius 1 is 1.23 bits per heavy atom. The first kappa shape index (κ1) is 19.9. The second-order valence-electron chi connectivity index (χ2n) is 5.94. The first-order chi connectivity index (χ1) is 12.2. The highest BCUT2D eigenvalue weighted by Gasteiger charge is 2.38. The largest absolute Gasteiger partial charge is 0.490 e. The number of hydrogen-bond acceptors (Lipinski definition) is 4. The van der Waals surface area contributed by atoms with E-state index in [2.05, 4.69) is 0 Å². The number of rotatable bonds is 3. The van der Waals surface area contributed by atoms with Crippen molar-refractivity contribution in [2.45, 2.75) is 43.6 Å². The third-order valence-electron chi connectivity index (χ3n) is 3.92. The first-order valence-corrected chi connectivity index (χ1v) is 7.96. The fourth-order valence-corrected chi connectivity index (χ4v) is 2.62. The van der Waals surface area contributed by atoms with Gasteiger partial charge in [-0.05, 0) is 24.8 Å². The Morgan fingerprint density at radius 2 is 1.85 bits per heavy atom. The van der Waals surface area contributed by atoms with Crippen molar-refractivity contribution in [1.82, 2.24) is 5.06 Å². The fraction of sp³-hybridized carbons (Fsp3) is 0.412. The molecular weight excluding hydrogens is 353 g/mol. The molecule has 3 N–H and O–H groups in total. The van der Waals surface area contributed by atoms with Crippen LogP contribution in [0.3, 0.4) is 0 Å². The zero-order valence-corrected chi connectivity index (χ0v) is 13.7. The minimum atomic E-state index is -5.08. The Kier molecular flexibility index (Phi) is 6.38. The SMILES string of the molecule is N[C@@H](Cc1ccccc1)C(=O)N1OC2C=CC1CC2.O=C(O)C(F)(F)F. The van der Waals surface area contributed by atoms with Crippen molar-refractivity contribution >= 4 is 11.9 Å². The molecule has 2 bridgehead atoms. The maximum atomic E-state index is 12.3. The highest BCUT2D eigenvalue weighted by molar-refractivity contribution is 5.81. The third-order valence-corrected chi connectivity index (χ3v) is 3.92. The Morgan fingerprint density at radius 3 is 2.27 bits per heavy atom. The fourth-order valence-electron chi connectivity index (χ4n) is 2.62. The maximum absolute atomic E-state index is 12.3. The van der Waals surface area contributed by atoms with Crippen LogP contribution in [0.2, 0.25) is 0 Å². The minimum Gasteiger partial charge on any atom is -0.475 e. The lowest BCUT2D eigenvalue weighted by Gasteiger charge is -2.41. The zero-order valence-electron chi connectivity index (χ0n) is 13.7. The summed E-state index contributed by atoms with van der Waals surface area (Å²) in [4.78, 5) is 26.9. The van der Waals surface area contributed by atoms with E-state index in [1.54, 1.807) is 0 Å². The van der Waals surface area contributed by atoms with Crippen LogP contribution in [0.5, 0.6) is 0 Å². The summed E-state index contributed by atoms with van der Waals surface area (Å²) in [5.74, 6) is -2.88. The molecule has 3 atom stereocenters.